The number of fused-ring (bicyclic) bond motifs is 7. The first-order valence-electron chi connectivity index (χ1n) is 21.0. The van der Waals surface area contributed by atoms with Gasteiger partial charge < -0.3 is 39.1 Å². The predicted octanol–water partition coefficient (Wildman–Crippen LogP) is 8.29. The van der Waals surface area contributed by atoms with Crippen molar-refractivity contribution in [3.05, 3.63) is 65.9 Å². The summed E-state index contributed by atoms with van der Waals surface area (Å²) < 4.78 is 22.6. The van der Waals surface area contributed by atoms with Crippen molar-refractivity contribution in [1.29, 1.82) is 0 Å². The molecule has 7 atom stereocenters. The van der Waals surface area contributed by atoms with E-state index in [9.17, 15) is 14.4 Å². The number of ether oxygens (including phenoxy) is 4. The van der Waals surface area contributed by atoms with Crippen molar-refractivity contribution in [1.82, 2.24) is 35.1 Å². The second-order valence-corrected chi connectivity index (χ2v) is 18.8. The number of aromatic nitrogens is 4. The topological polar surface area (TPSA) is 164 Å². The van der Waals surface area contributed by atoms with Gasteiger partial charge in [-0.25, -0.2) is 19.6 Å². The third kappa shape index (κ3) is 6.72. The van der Waals surface area contributed by atoms with Gasteiger partial charge in [0.25, 0.3) is 0 Å². The maximum atomic E-state index is 14.2. The zero-order valence-electron chi connectivity index (χ0n) is 35.8. The van der Waals surface area contributed by atoms with Crippen LogP contribution >= 0.6 is 0 Å². The van der Waals surface area contributed by atoms with Crippen LogP contribution in [0.5, 0.6) is 5.75 Å². The highest BCUT2D eigenvalue weighted by atomic mass is 16.6. The number of nitrogens with zero attached hydrogens (tertiary/aromatic N) is 4. The second-order valence-electron chi connectivity index (χ2n) is 18.8. The van der Waals surface area contributed by atoms with Crippen LogP contribution in [0.1, 0.15) is 90.6 Å². The number of likely N-dealkylation sites (tertiary alicyclic amines) is 2. The first kappa shape index (κ1) is 39.8. The molecule has 0 bridgehead atoms. The molecule has 0 spiro atoms. The van der Waals surface area contributed by atoms with Crippen LogP contribution in [0.2, 0.25) is 0 Å². The van der Waals surface area contributed by atoms with Crippen LogP contribution in [0.25, 0.3) is 44.2 Å². The monoisotopic (exact) mass is 817 g/mol. The Balaban J connectivity index is 0.983. The molecular formula is C46H55N7O7. The number of nitrogens with one attached hydrogen (secondary N) is 3. The largest absolute Gasteiger partial charge is 0.488 e. The number of imidazole rings is 2. The van der Waals surface area contributed by atoms with Gasteiger partial charge in [-0.3, -0.25) is 9.69 Å². The van der Waals surface area contributed by atoms with E-state index in [1.54, 1.807) is 12.0 Å². The Kier molecular flexibility index (Phi) is 9.64. The molecule has 3 aromatic carbocycles. The maximum Gasteiger partial charge on any atom is 0.410 e. The molecule has 0 radical (unpaired) electrons. The minimum Gasteiger partial charge on any atom is -0.488 e. The molecule has 4 aliphatic rings. The molecule has 1 saturated carbocycles. The Hall–Kier alpha value is -5.63. The fourth-order valence-electron chi connectivity index (χ4n) is 10.1. The summed E-state index contributed by atoms with van der Waals surface area (Å²) in [6, 6.07) is 13.6. The van der Waals surface area contributed by atoms with Crippen LogP contribution in [0.4, 0.5) is 9.59 Å². The van der Waals surface area contributed by atoms with Gasteiger partial charge in [0, 0.05) is 36.6 Å². The van der Waals surface area contributed by atoms with Gasteiger partial charge in [0.15, 0.2) is 0 Å². The number of hydrogen-bond acceptors (Lipinski definition) is 9. The zero-order chi connectivity index (χ0) is 42.4. The zero-order valence-corrected chi connectivity index (χ0v) is 35.8. The van der Waals surface area contributed by atoms with E-state index in [2.05, 4.69) is 65.5 Å². The molecule has 1 aliphatic carbocycles. The van der Waals surface area contributed by atoms with Crippen LogP contribution in [-0.4, -0.2) is 92.9 Å². The average Bonchev–Trinajstić information content (AvgIpc) is 3.87. The first-order chi connectivity index (χ1) is 28.6. The number of hydrogen-bond donors (Lipinski definition) is 3. The number of carbonyl (C=O) groups is 3. The van der Waals surface area contributed by atoms with Crippen LogP contribution < -0.4 is 10.1 Å². The minimum atomic E-state index is -0.712. The van der Waals surface area contributed by atoms with Gasteiger partial charge in [0.05, 0.1) is 48.7 Å². The van der Waals surface area contributed by atoms with Gasteiger partial charge in [0.1, 0.15) is 35.6 Å². The molecular weight excluding hydrogens is 763 g/mol. The highest BCUT2D eigenvalue weighted by Gasteiger charge is 2.70. The van der Waals surface area contributed by atoms with Crippen molar-refractivity contribution in [3.63, 3.8) is 0 Å². The normalized spacial score (nSPS) is 24.9. The lowest BCUT2D eigenvalue weighted by atomic mass is 9.92. The van der Waals surface area contributed by atoms with E-state index >= 15 is 0 Å². The van der Waals surface area contributed by atoms with Crippen LogP contribution in [-0.2, 0) is 25.6 Å². The minimum absolute atomic E-state index is 0.0152. The Morgan fingerprint density at radius 3 is 2.57 bits per heavy atom. The summed E-state index contributed by atoms with van der Waals surface area (Å²) in [5, 5.41) is 4.77. The third-order valence-corrected chi connectivity index (χ3v) is 13.3. The number of piperidine rings is 1. The number of benzene rings is 3. The Bertz CT molecular complexity index is 2520. The molecule has 0 unspecified atom stereocenters. The van der Waals surface area contributed by atoms with Crippen molar-refractivity contribution < 1.29 is 33.3 Å². The summed E-state index contributed by atoms with van der Waals surface area (Å²) in [5.41, 5.74) is 6.07. The van der Waals surface area contributed by atoms with Crippen LogP contribution in [0, 0.1) is 23.2 Å². The molecule has 14 heteroatoms. The lowest BCUT2D eigenvalue weighted by Gasteiger charge is -2.32. The maximum absolute atomic E-state index is 14.2. The number of methoxy groups -OCH3 is 2. The molecule has 3 N–H and O–H groups in total. The predicted molar refractivity (Wildman–Crippen MR) is 226 cm³/mol. The van der Waals surface area contributed by atoms with Gasteiger partial charge in [-0.1, -0.05) is 45.9 Å². The molecule has 2 saturated heterocycles. The number of amides is 3. The van der Waals surface area contributed by atoms with Crippen molar-refractivity contribution >= 4 is 39.9 Å². The van der Waals surface area contributed by atoms with Gasteiger partial charge in [0.2, 0.25) is 5.91 Å². The summed E-state index contributed by atoms with van der Waals surface area (Å²) in [6.07, 6.45) is 2.37. The summed E-state index contributed by atoms with van der Waals surface area (Å²) in [6.45, 7) is 15.4. The van der Waals surface area contributed by atoms with Crippen molar-refractivity contribution in [2.75, 3.05) is 27.4 Å². The van der Waals surface area contributed by atoms with Crippen molar-refractivity contribution in [2.24, 2.45) is 23.2 Å². The first-order valence-corrected chi connectivity index (χ1v) is 21.0. The van der Waals surface area contributed by atoms with Crippen molar-refractivity contribution in [2.45, 2.75) is 97.7 Å². The summed E-state index contributed by atoms with van der Waals surface area (Å²) in [7, 11) is 2.99. The third-order valence-electron chi connectivity index (χ3n) is 13.3. The lowest BCUT2D eigenvalue weighted by molar-refractivity contribution is -0.137. The van der Waals surface area contributed by atoms with Crippen LogP contribution in [0.3, 0.4) is 0 Å². The summed E-state index contributed by atoms with van der Waals surface area (Å²) in [4.78, 5) is 60.5. The van der Waals surface area contributed by atoms with E-state index in [4.69, 9.17) is 28.9 Å². The molecule has 5 heterocycles. The number of alkyl carbamates (subject to hydrolysis) is 1. The molecule has 3 aliphatic heterocycles. The van der Waals surface area contributed by atoms with Crippen LogP contribution in [0.15, 0.2) is 48.7 Å². The highest BCUT2D eigenvalue weighted by Crippen LogP contribution is 2.67. The Labute approximate surface area is 349 Å². The second kappa shape index (κ2) is 14.5. The van der Waals surface area contributed by atoms with E-state index in [1.807, 2.05) is 51.8 Å². The molecule has 3 amide bonds. The van der Waals surface area contributed by atoms with E-state index in [-0.39, 0.29) is 47.4 Å². The average molecular weight is 818 g/mol. The van der Waals surface area contributed by atoms with E-state index < -0.39 is 17.7 Å². The number of rotatable bonds is 8. The van der Waals surface area contributed by atoms with Gasteiger partial charge in [-0.15, -0.1) is 0 Å². The molecule has 2 aromatic heterocycles. The fraction of sp³-hybridized carbons (Fsp3) is 0.500. The van der Waals surface area contributed by atoms with E-state index in [1.165, 1.54) is 7.11 Å². The molecule has 3 fully saturated rings. The van der Waals surface area contributed by atoms with Gasteiger partial charge in [-0.05, 0) is 97.2 Å². The standard InChI is InChI=1S/C46H55N7O7/c1-23(2)37(51-43(55)58-9)42(54)53-35(18-46(7)24(3)39(46)53)40-47-19-33(49-40)27-10-12-29-28(15-27)22-59-36-17-30-26(16-31(29)36)11-13-32-38(30)50-41(48-32)34-14-25(21-57-8)20-52(34)44(56)60-45(4,5)6/h10-13,15-17,19,23-25,34-35,37,39H,14,18,20-22H2,1-9H3,(H,47,49)(H,48,50)(H,51,55)/t24-,25-,34-,35-,37-,39+,46+/m0/s1. The molecule has 5 aromatic rings. The fourth-order valence-corrected chi connectivity index (χ4v) is 10.1. The van der Waals surface area contributed by atoms with E-state index in [0.717, 1.165) is 80.0 Å². The van der Waals surface area contributed by atoms with Gasteiger partial charge >= 0.3 is 12.2 Å². The molecule has 14 nitrogen and oxygen atoms in total. The van der Waals surface area contributed by atoms with E-state index in [0.29, 0.717) is 25.7 Å². The lowest BCUT2D eigenvalue weighted by Crippen LogP contribution is -2.52. The quantitative estimate of drug-likeness (QED) is 0.140. The van der Waals surface area contributed by atoms with Crippen molar-refractivity contribution in [3.8, 4) is 28.1 Å². The van der Waals surface area contributed by atoms with Gasteiger partial charge in [-0.2, -0.15) is 0 Å². The number of aromatic amines is 2. The molecule has 9 rings (SSSR count). The number of carbonyl (C=O) groups excluding carboxylic acids is 3. The number of H-pyrrole nitrogens is 2. The smallest absolute Gasteiger partial charge is 0.410 e. The SMILES string of the molecule is COC[C@H]1C[C@@H](c2nc3c(ccc4cc5c(cc43)OCc3cc(-c4cnc([C@@H]6C[C@]7(C)[C@@H](C)[C@H]7N6C(=O)[C@@H](NC(=O)OC)C(C)C)[nH]4)ccc3-5)[nH]2)N(C(=O)OC(C)(C)C)C1. The summed E-state index contributed by atoms with van der Waals surface area (Å²) in [5.74, 6) is 2.53. The summed E-state index contributed by atoms with van der Waals surface area (Å²) >= 11 is 0. The Morgan fingerprint density at radius 1 is 1.03 bits per heavy atom. The molecule has 60 heavy (non-hydrogen) atoms. The molecule has 316 valence electrons. The highest BCUT2D eigenvalue weighted by molar-refractivity contribution is 6.07. The Morgan fingerprint density at radius 2 is 1.83 bits per heavy atom.